The number of hydrogen-bond acceptors (Lipinski definition) is 7. The van der Waals surface area contributed by atoms with Gasteiger partial charge in [0.05, 0.1) is 11.4 Å². The summed E-state index contributed by atoms with van der Waals surface area (Å²) in [5, 5.41) is 12.4. The van der Waals surface area contributed by atoms with Crippen LogP contribution in [0.15, 0.2) is 46.2 Å². The summed E-state index contributed by atoms with van der Waals surface area (Å²) in [6.45, 7) is 5.85. The van der Waals surface area contributed by atoms with Crippen molar-refractivity contribution in [2.24, 2.45) is 14.1 Å². The molecule has 0 aliphatic heterocycles. The van der Waals surface area contributed by atoms with Crippen LogP contribution in [0.25, 0.3) is 16.9 Å². The largest absolute Gasteiger partial charge is 0.489 e. The van der Waals surface area contributed by atoms with Crippen molar-refractivity contribution in [1.29, 1.82) is 0 Å². The van der Waals surface area contributed by atoms with E-state index in [1.165, 1.54) is 20.3 Å². The average molecular weight is 483 g/mol. The molecule has 0 aliphatic rings. The topological polar surface area (TPSA) is 114 Å². The van der Waals surface area contributed by atoms with Crippen molar-refractivity contribution >= 4 is 9.84 Å². The van der Waals surface area contributed by atoms with Crippen molar-refractivity contribution in [3.8, 4) is 22.7 Å². The van der Waals surface area contributed by atoms with Gasteiger partial charge in [-0.1, -0.05) is 12.1 Å². The van der Waals surface area contributed by atoms with Crippen LogP contribution in [0.4, 0.5) is 0 Å². The van der Waals surface area contributed by atoms with E-state index in [4.69, 9.17) is 4.74 Å². The third-order valence-electron chi connectivity index (χ3n) is 5.73. The Bertz CT molecular complexity index is 1560. The quantitative estimate of drug-likeness (QED) is 0.414. The second-order valence-corrected chi connectivity index (χ2v) is 10.2. The highest BCUT2D eigenvalue weighted by molar-refractivity contribution is 7.90. The van der Waals surface area contributed by atoms with Crippen LogP contribution < -0.4 is 10.4 Å². The van der Waals surface area contributed by atoms with Crippen LogP contribution in [0, 0.1) is 20.8 Å². The SMILES string of the molecule is Cc1cc(-c2nn(C)c(S(C)(=O)=O)c2C)ccc1OCc1c(C)cccc1-n1nnn(C)c1=O. The molecule has 0 saturated heterocycles. The fourth-order valence-electron chi connectivity index (χ4n) is 4.05. The van der Waals surface area contributed by atoms with Crippen molar-refractivity contribution < 1.29 is 13.2 Å². The van der Waals surface area contributed by atoms with Gasteiger partial charge in [0.25, 0.3) is 0 Å². The Morgan fingerprint density at radius 3 is 2.29 bits per heavy atom. The zero-order valence-electron chi connectivity index (χ0n) is 19.9. The molecule has 34 heavy (non-hydrogen) atoms. The molecule has 2 aromatic carbocycles. The lowest BCUT2D eigenvalue weighted by Gasteiger charge is -2.14. The van der Waals surface area contributed by atoms with Gasteiger partial charge in [-0.05, 0) is 66.6 Å². The van der Waals surface area contributed by atoms with E-state index in [9.17, 15) is 13.2 Å². The molecule has 0 spiro atoms. The van der Waals surface area contributed by atoms with E-state index in [0.29, 0.717) is 22.7 Å². The summed E-state index contributed by atoms with van der Waals surface area (Å²) in [5.41, 5.74) is 4.95. The molecule has 0 atom stereocenters. The van der Waals surface area contributed by atoms with Crippen LogP contribution in [0.2, 0.25) is 0 Å². The molecular weight excluding hydrogens is 456 g/mol. The summed E-state index contributed by atoms with van der Waals surface area (Å²) in [5.74, 6) is 0.668. The number of tetrazole rings is 1. The maximum absolute atomic E-state index is 12.4. The highest BCUT2D eigenvalue weighted by Crippen LogP contribution is 2.31. The minimum absolute atomic E-state index is 0.201. The van der Waals surface area contributed by atoms with Gasteiger partial charge in [0.2, 0.25) is 0 Å². The van der Waals surface area contributed by atoms with E-state index in [0.717, 1.165) is 22.3 Å². The van der Waals surface area contributed by atoms with E-state index < -0.39 is 9.84 Å². The Balaban J connectivity index is 1.64. The number of benzene rings is 2. The lowest BCUT2D eigenvalue weighted by molar-refractivity contribution is 0.302. The molecule has 0 aliphatic carbocycles. The summed E-state index contributed by atoms with van der Waals surface area (Å²) in [6.07, 6.45) is 1.18. The van der Waals surface area contributed by atoms with Crippen molar-refractivity contribution in [2.45, 2.75) is 32.4 Å². The van der Waals surface area contributed by atoms with Crippen molar-refractivity contribution in [2.75, 3.05) is 6.26 Å². The van der Waals surface area contributed by atoms with Gasteiger partial charge in [0.1, 0.15) is 12.4 Å². The minimum Gasteiger partial charge on any atom is -0.489 e. The van der Waals surface area contributed by atoms with Crippen LogP contribution in [-0.2, 0) is 30.5 Å². The molecule has 178 valence electrons. The molecule has 0 N–H and O–H groups in total. The predicted molar refractivity (Wildman–Crippen MR) is 127 cm³/mol. The molecule has 10 nitrogen and oxygen atoms in total. The number of hydrogen-bond donors (Lipinski definition) is 0. The van der Waals surface area contributed by atoms with Crippen LogP contribution >= 0.6 is 0 Å². The Morgan fingerprint density at radius 1 is 0.971 bits per heavy atom. The second-order valence-electron chi connectivity index (χ2n) is 8.31. The Labute approximate surface area is 197 Å². The first-order chi connectivity index (χ1) is 16.0. The molecular formula is C23H26N6O4S. The lowest BCUT2D eigenvalue weighted by Crippen LogP contribution is -2.23. The average Bonchev–Trinajstić information content (AvgIpc) is 3.25. The standard InChI is InChI=1S/C23H26N6O4S/c1-14-8-7-9-19(29-23(30)28(5)25-26-29)18(14)13-33-20-11-10-17(12-15(20)2)21-16(3)22(27(4)24-21)34(6,31)32/h7-12H,13H2,1-6H3. The Hall–Kier alpha value is -3.73. The van der Waals surface area contributed by atoms with Gasteiger partial charge in [-0.2, -0.15) is 14.5 Å². The molecule has 2 aromatic heterocycles. The van der Waals surface area contributed by atoms with Gasteiger partial charge < -0.3 is 4.74 Å². The monoisotopic (exact) mass is 482 g/mol. The van der Waals surface area contributed by atoms with Crippen molar-refractivity contribution in [3.63, 3.8) is 0 Å². The zero-order chi connectivity index (χ0) is 24.8. The normalized spacial score (nSPS) is 11.7. The summed E-state index contributed by atoms with van der Waals surface area (Å²) < 4.78 is 34.2. The third-order valence-corrected chi connectivity index (χ3v) is 7.00. The maximum atomic E-state index is 12.4. The molecule has 4 aromatic rings. The third kappa shape index (κ3) is 4.14. The summed E-state index contributed by atoms with van der Waals surface area (Å²) in [6, 6.07) is 11.2. The minimum atomic E-state index is -3.40. The molecule has 0 saturated carbocycles. The molecule has 4 rings (SSSR count). The van der Waals surface area contributed by atoms with Gasteiger partial charge in [-0.25, -0.2) is 13.2 Å². The Kier molecular flexibility index (Phi) is 5.90. The molecule has 2 heterocycles. The summed E-state index contributed by atoms with van der Waals surface area (Å²) in [4.78, 5) is 12.4. The van der Waals surface area contributed by atoms with Gasteiger partial charge in [-0.15, -0.1) is 0 Å². The first-order valence-corrected chi connectivity index (χ1v) is 12.4. The molecule has 0 radical (unpaired) electrons. The highest BCUT2D eigenvalue weighted by atomic mass is 32.2. The molecule has 0 fully saturated rings. The molecule has 0 amide bonds. The summed E-state index contributed by atoms with van der Waals surface area (Å²) >= 11 is 0. The van der Waals surface area contributed by atoms with Crippen molar-refractivity contribution in [1.82, 2.24) is 29.6 Å². The van der Waals surface area contributed by atoms with Crippen LogP contribution in [0.1, 0.15) is 22.3 Å². The number of nitrogens with zero attached hydrogens (tertiary/aromatic N) is 6. The summed E-state index contributed by atoms with van der Waals surface area (Å²) in [7, 11) is -0.230. The van der Waals surface area contributed by atoms with Crippen molar-refractivity contribution in [3.05, 3.63) is 69.1 Å². The molecule has 0 bridgehead atoms. The number of aryl methyl sites for hydroxylation is 4. The number of sulfone groups is 1. The number of ether oxygens (including phenoxy) is 1. The maximum Gasteiger partial charge on any atom is 0.368 e. The molecule has 11 heteroatoms. The van der Waals surface area contributed by atoms with E-state index in [1.54, 1.807) is 27.1 Å². The molecule has 0 unspecified atom stereocenters. The predicted octanol–water partition coefficient (Wildman–Crippen LogP) is 2.27. The van der Waals surface area contributed by atoms with Gasteiger partial charge >= 0.3 is 5.69 Å². The first-order valence-electron chi connectivity index (χ1n) is 10.5. The number of rotatable bonds is 6. The van der Waals surface area contributed by atoms with E-state index in [1.807, 2.05) is 44.2 Å². The van der Waals surface area contributed by atoms with Crippen LogP contribution in [-0.4, -0.2) is 44.2 Å². The van der Waals surface area contributed by atoms with E-state index in [-0.39, 0.29) is 17.3 Å². The lowest BCUT2D eigenvalue weighted by atomic mass is 10.1. The fraction of sp³-hybridized carbons (Fsp3) is 0.304. The number of aromatic nitrogens is 6. The van der Waals surface area contributed by atoms with Gasteiger partial charge in [0, 0.05) is 37.0 Å². The first kappa shape index (κ1) is 23.4. The zero-order valence-corrected chi connectivity index (χ0v) is 20.7. The van der Waals surface area contributed by atoms with Crippen LogP contribution in [0.3, 0.4) is 0 Å². The van der Waals surface area contributed by atoms with Crippen LogP contribution in [0.5, 0.6) is 5.75 Å². The second kappa shape index (κ2) is 8.56. The van der Waals surface area contributed by atoms with Gasteiger partial charge in [-0.3, -0.25) is 4.68 Å². The fourth-order valence-corrected chi connectivity index (χ4v) is 5.23. The smallest absolute Gasteiger partial charge is 0.368 e. The highest BCUT2D eigenvalue weighted by Gasteiger charge is 2.22. The van der Waals surface area contributed by atoms with E-state index in [2.05, 4.69) is 15.5 Å². The Morgan fingerprint density at radius 2 is 1.71 bits per heavy atom. The van der Waals surface area contributed by atoms with E-state index >= 15 is 0 Å². The van der Waals surface area contributed by atoms with Gasteiger partial charge in [0.15, 0.2) is 14.9 Å².